The van der Waals surface area contributed by atoms with E-state index in [1.807, 2.05) is 24.9 Å². The fourth-order valence-corrected chi connectivity index (χ4v) is 3.43. The summed E-state index contributed by atoms with van der Waals surface area (Å²) in [6.45, 7) is 5.22. The molecule has 5 heteroatoms. The van der Waals surface area contributed by atoms with Gasteiger partial charge in [-0.15, -0.1) is 0 Å². The molecule has 0 atom stereocenters. The number of H-pyrrole nitrogens is 1. The van der Waals surface area contributed by atoms with Gasteiger partial charge in [0.15, 0.2) is 0 Å². The van der Waals surface area contributed by atoms with Crippen molar-refractivity contribution >= 4 is 0 Å². The number of hydrogen-bond acceptors (Lipinski definition) is 3. The van der Waals surface area contributed by atoms with Crippen molar-refractivity contribution in [2.75, 3.05) is 13.6 Å². The molecule has 0 saturated heterocycles. The largest absolute Gasteiger partial charge is 0.342 e. The van der Waals surface area contributed by atoms with Crippen LogP contribution in [-0.2, 0) is 6.42 Å². The number of nitrogens with one attached hydrogen (secondary N) is 2. The zero-order chi connectivity index (χ0) is 19.1. The minimum Gasteiger partial charge on any atom is -0.342 e. The first-order valence-electron chi connectivity index (χ1n) is 10.00. The van der Waals surface area contributed by atoms with Gasteiger partial charge in [0.1, 0.15) is 5.82 Å². The van der Waals surface area contributed by atoms with Gasteiger partial charge in [-0.25, -0.2) is 9.67 Å². The maximum absolute atomic E-state index is 4.55. The van der Waals surface area contributed by atoms with Gasteiger partial charge in [0.25, 0.3) is 0 Å². The van der Waals surface area contributed by atoms with E-state index in [2.05, 4.69) is 57.6 Å². The Morgan fingerprint density at radius 3 is 2.44 bits per heavy atom. The number of aromatic nitrogens is 4. The molecular formula is C22H31N5. The lowest BCUT2D eigenvalue weighted by molar-refractivity contribution is 0.593. The molecule has 5 nitrogen and oxygen atoms in total. The highest BCUT2D eigenvalue weighted by Crippen LogP contribution is 2.21. The van der Waals surface area contributed by atoms with Gasteiger partial charge in [-0.3, -0.25) is 0 Å². The van der Waals surface area contributed by atoms with Gasteiger partial charge in [0.2, 0.25) is 0 Å². The first kappa shape index (κ1) is 19.4. The van der Waals surface area contributed by atoms with Crippen LogP contribution in [0.15, 0.2) is 36.5 Å². The summed E-state index contributed by atoms with van der Waals surface area (Å²) in [6, 6.07) is 10.6. The van der Waals surface area contributed by atoms with Crippen LogP contribution in [0.1, 0.15) is 49.3 Å². The Labute approximate surface area is 162 Å². The van der Waals surface area contributed by atoms with Gasteiger partial charge in [-0.05, 0) is 64.0 Å². The molecule has 0 saturated carbocycles. The minimum absolute atomic E-state index is 1.02. The summed E-state index contributed by atoms with van der Waals surface area (Å²) in [4.78, 5) is 8.03. The van der Waals surface area contributed by atoms with E-state index in [-0.39, 0.29) is 0 Å². The third-order valence-electron chi connectivity index (χ3n) is 4.90. The molecule has 3 aromatic rings. The Balaban J connectivity index is 1.53. The van der Waals surface area contributed by atoms with Crippen molar-refractivity contribution in [3.8, 4) is 16.9 Å². The number of imidazole rings is 1. The number of aryl methyl sites for hydroxylation is 3. The predicted molar refractivity (Wildman–Crippen MR) is 111 cm³/mol. The lowest BCUT2D eigenvalue weighted by Crippen LogP contribution is -2.06. The number of nitrogens with zero attached hydrogens (tertiary/aromatic N) is 3. The molecule has 144 valence electrons. The molecule has 0 radical (unpaired) electrons. The molecule has 0 fully saturated rings. The normalized spacial score (nSPS) is 11.2. The second-order valence-electron chi connectivity index (χ2n) is 7.25. The average Bonchev–Trinajstić information content (AvgIpc) is 3.27. The number of benzene rings is 1. The summed E-state index contributed by atoms with van der Waals surface area (Å²) in [5, 5.41) is 7.74. The number of rotatable bonds is 10. The average molecular weight is 366 g/mol. The zero-order valence-electron chi connectivity index (χ0n) is 16.8. The van der Waals surface area contributed by atoms with E-state index >= 15 is 0 Å². The van der Waals surface area contributed by atoms with Gasteiger partial charge >= 0.3 is 0 Å². The molecule has 0 aliphatic rings. The number of unbranched alkanes of at least 4 members (excludes halogenated alkanes) is 4. The van der Waals surface area contributed by atoms with Gasteiger partial charge in [0, 0.05) is 12.1 Å². The fourth-order valence-electron chi connectivity index (χ4n) is 3.43. The highest BCUT2D eigenvalue weighted by Gasteiger charge is 2.06. The molecule has 0 aliphatic carbocycles. The van der Waals surface area contributed by atoms with Crippen molar-refractivity contribution < 1.29 is 0 Å². The van der Waals surface area contributed by atoms with Gasteiger partial charge in [-0.1, -0.05) is 31.4 Å². The lowest BCUT2D eigenvalue weighted by Gasteiger charge is -2.05. The quantitative estimate of drug-likeness (QED) is 0.517. The molecule has 0 unspecified atom stereocenters. The van der Waals surface area contributed by atoms with E-state index in [0.29, 0.717) is 0 Å². The summed E-state index contributed by atoms with van der Waals surface area (Å²) < 4.78 is 1.98. The maximum Gasteiger partial charge on any atom is 0.106 e. The first-order valence-corrected chi connectivity index (χ1v) is 10.00. The molecule has 2 N–H and O–H groups in total. The highest BCUT2D eigenvalue weighted by atomic mass is 15.3. The van der Waals surface area contributed by atoms with E-state index in [9.17, 15) is 0 Å². The summed E-state index contributed by atoms with van der Waals surface area (Å²) in [5.74, 6) is 1.09. The van der Waals surface area contributed by atoms with Crippen LogP contribution < -0.4 is 5.32 Å². The molecule has 27 heavy (non-hydrogen) atoms. The van der Waals surface area contributed by atoms with Crippen LogP contribution in [0.5, 0.6) is 0 Å². The molecule has 2 aromatic heterocycles. The third-order valence-corrected chi connectivity index (χ3v) is 4.90. The van der Waals surface area contributed by atoms with Crippen molar-refractivity contribution in [1.82, 2.24) is 25.1 Å². The SMILES string of the molecule is CNCCCCCCCc1ncc(-c2ccc(-n3nc(C)cc3C)cc2)[nH]1. The van der Waals surface area contributed by atoms with Crippen LogP contribution in [0.3, 0.4) is 0 Å². The Hall–Kier alpha value is -2.40. The first-order chi connectivity index (χ1) is 13.2. The topological polar surface area (TPSA) is 58.5 Å². The highest BCUT2D eigenvalue weighted by molar-refractivity contribution is 5.60. The lowest BCUT2D eigenvalue weighted by atomic mass is 10.1. The number of aromatic amines is 1. The fraction of sp³-hybridized carbons (Fsp3) is 0.455. The van der Waals surface area contributed by atoms with E-state index in [0.717, 1.165) is 47.1 Å². The molecule has 2 heterocycles. The Morgan fingerprint density at radius 2 is 1.74 bits per heavy atom. The van der Waals surface area contributed by atoms with E-state index in [4.69, 9.17) is 0 Å². The third kappa shape index (κ3) is 5.30. The second kappa shape index (κ2) is 9.51. The van der Waals surface area contributed by atoms with Crippen LogP contribution in [0.25, 0.3) is 16.9 Å². The monoisotopic (exact) mass is 365 g/mol. The van der Waals surface area contributed by atoms with Crippen LogP contribution in [-0.4, -0.2) is 33.3 Å². The van der Waals surface area contributed by atoms with Gasteiger partial charge in [-0.2, -0.15) is 5.10 Å². The van der Waals surface area contributed by atoms with Crippen LogP contribution in [0.2, 0.25) is 0 Å². The van der Waals surface area contributed by atoms with Crippen LogP contribution in [0, 0.1) is 13.8 Å². The predicted octanol–water partition coefficient (Wildman–Crippen LogP) is 4.59. The standard InChI is InChI=1S/C22H31N5/c1-17-15-18(2)27(26-17)20-12-10-19(11-13-20)21-16-24-22(25-21)9-7-5-4-6-8-14-23-3/h10-13,15-16,23H,4-9,14H2,1-3H3,(H,24,25). The Bertz CT molecular complexity index is 829. The maximum atomic E-state index is 4.55. The summed E-state index contributed by atoms with van der Waals surface area (Å²) in [5.41, 5.74) is 5.51. The van der Waals surface area contributed by atoms with Crippen molar-refractivity contribution in [3.05, 3.63) is 53.7 Å². The second-order valence-corrected chi connectivity index (χ2v) is 7.25. The smallest absolute Gasteiger partial charge is 0.106 e. The molecule has 0 amide bonds. The van der Waals surface area contributed by atoms with Gasteiger partial charge in [0.05, 0.1) is 23.3 Å². The Morgan fingerprint density at radius 1 is 1.00 bits per heavy atom. The van der Waals surface area contributed by atoms with E-state index in [1.54, 1.807) is 0 Å². The van der Waals surface area contributed by atoms with Crippen molar-refractivity contribution in [2.45, 2.75) is 52.4 Å². The van der Waals surface area contributed by atoms with Gasteiger partial charge < -0.3 is 10.3 Å². The summed E-state index contributed by atoms with van der Waals surface area (Å²) in [6.07, 6.45) is 9.33. The molecule has 0 spiro atoms. The van der Waals surface area contributed by atoms with Crippen molar-refractivity contribution in [2.24, 2.45) is 0 Å². The zero-order valence-corrected chi connectivity index (χ0v) is 16.8. The molecule has 0 bridgehead atoms. The van der Waals surface area contributed by atoms with E-state index in [1.165, 1.54) is 32.1 Å². The summed E-state index contributed by atoms with van der Waals surface area (Å²) in [7, 11) is 2.02. The molecule has 0 aliphatic heterocycles. The van der Waals surface area contributed by atoms with Crippen molar-refractivity contribution in [1.29, 1.82) is 0 Å². The number of hydrogen-bond donors (Lipinski definition) is 2. The summed E-state index contributed by atoms with van der Waals surface area (Å²) >= 11 is 0. The Kier molecular flexibility index (Phi) is 6.82. The van der Waals surface area contributed by atoms with Crippen molar-refractivity contribution in [3.63, 3.8) is 0 Å². The molecular weight excluding hydrogens is 334 g/mol. The van der Waals surface area contributed by atoms with Crippen LogP contribution in [0.4, 0.5) is 0 Å². The minimum atomic E-state index is 1.02. The van der Waals surface area contributed by atoms with E-state index < -0.39 is 0 Å². The molecule has 1 aromatic carbocycles. The van der Waals surface area contributed by atoms with Crippen LogP contribution >= 0.6 is 0 Å². The molecule has 3 rings (SSSR count).